The number of nitrogens with one attached hydrogen (secondary N) is 1. The Kier molecular flexibility index (Phi) is 4.46. The van der Waals surface area contributed by atoms with Crippen molar-refractivity contribution in [3.63, 3.8) is 0 Å². The molecule has 3 rings (SSSR count). The van der Waals surface area contributed by atoms with Crippen molar-refractivity contribution in [2.24, 2.45) is 5.92 Å². The Labute approximate surface area is 139 Å². The summed E-state index contributed by atoms with van der Waals surface area (Å²) in [5.41, 5.74) is 1.12. The molecule has 0 saturated heterocycles. The van der Waals surface area contributed by atoms with Gasteiger partial charge in [0, 0.05) is 0 Å². The van der Waals surface area contributed by atoms with E-state index in [2.05, 4.69) is 10.3 Å². The molecule has 2 aromatic rings. The van der Waals surface area contributed by atoms with Gasteiger partial charge in [0.2, 0.25) is 0 Å². The molecule has 0 atom stereocenters. The molecule has 1 aliphatic rings. The second-order valence-corrected chi connectivity index (χ2v) is 5.84. The maximum Gasteiger partial charge on any atom is 0.337 e. The molecule has 1 fully saturated rings. The molecule has 0 aliphatic heterocycles. The van der Waals surface area contributed by atoms with Gasteiger partial charge in [-0.1, -0.05) is 12.1 Å². The van der Waals surface area contributed by atoms with Crippen LogP contribution in [0.1, 0.15) is 39.4 Å². The monoisotopic (exact) mass is 326 g/mol. The number of aromatic nitrogens is 1. The largest absolute Gasteiger partial charge is 0.491 e. The highest BCUT2D eigenvalue weighted by Crippen LogP contribution is 2.31. The number of ether oxygens (including phenoxy) is 1. The molecule has 24 heavy (non-hydrogen) atoms. The van der Waals surface area contributed by atoms with Crippen molar-refractivity contribution in [2.45, 2.75) is 19.8 Å². The third-order valence-electron chi connectivity index (χ3n) is 3.86. The molecule has 124 valence electrons. The van der Waals surface area contributed by atoms with Gasteiger partial charge < -0.3 is 15.2 Å². The molecule has 1 heterocycles. The summed E-state index contributed by atoms with van der Waals surface area (Å²) >= 11 is 0. The minimum Gasteiger partial charge on any atom is -0.491 e. The topological polar surface area (TPSA) is 88.5 Å². The first-order chi connectivity index (χ1) is 11.5. The average molecular weight is 326 g/mol. The van der Waals surface area contributed by atoms with E-state index in [1.807, 2.05) is 18.2 Å². The van der Waals surface area contributed by atoms with Gasteiger partial charge in [0.15, 0.2) is 0 Å². The molecule has 6 nitrogen and oxygen atoms in total. The first-order valence-corrected chi connectivity index (χ1v) is 7.78. The summed E-state index contributed by atoms with van der Waals surface area (Å²) in [6, 6.07) is 10.0. The van der Waals surface area contributed by atoms with Crippen LogP contribution in [-0.4, -0.2) is 28.6 Å². The van der Waals surface area contributed by atoms with Crippen molar-refractivity contribution in [3.8, 4) is 5.75 Å². The SMILES string of the molecule is Cc1nc(C(=O)Nc2ccccc2OCC2CC2)ccc1C(=O)O. The Hall–Kier alpha value is -2.89. The lowest BCUT2D eigenvalue weighted by Gasteiger charge is -2.12. The molecular weight excluding hydrogens is 308 g/mol. The highest BCUT2D eigenvalue weighted by molar-refractivity contribution is 6.04. The lowest BCUT2D eigenvalue weighted by Crippen LogP contribution is -2.16. The molecule has 2 N–H and O–H groups in total. The molecule has 1 aromatic carbocycles. The zero-order valence-corrected chi connectivity index (χ0v) is 13.3. The number of hydrogen-bond acceptors (Lipinski definition) is 4. The molecule has 1 saturated carbocycles. The average Bonchev–Trinajstić information content (AvgIpc) is 3.38. The Morgan fingerprint density at radius 3 is 2.67 bits per heavy atom. The number of carboxylic acids is 1. The standard InChI is InChI=1S/C18H18N2O4/c1-11-13(18(22)23)8-9-15(19-11)17(21)20-14-4-2-3-5-16(14)24-10-12-6-7-12/h2-5,8-9,12H,6-7,10H2,1H3,(H,20,21)(H,22,23). The molecule has 1 aliphatic carbocycles. The summed E-state index contributed by atoms with van der Waals surface area (Å²) in [7, 11) is 0. The number of amides is 1. The van der Waals surface area contributed by atoms with Gasteiger partial charge in [-0.15, -0.1) is 0 Å². The smallest absolute Gasteiger partial charge is 0.337 e. The zero-order valence-electron chi connectivity index (χ0n) is 13.3. The number of hydrogen-bond donors (Lipinski definition) is 2. The van der Waals surface area contributed by atoms with Crippen LogP contribution < -0.4 is 10.1 Å². The summed E-state index contributed by atoms with van der Waals surface area (Å²) in [6.07, 6.45) is 2.38. The number of pyridine rings is 1. The Morgan fingerprint density at radius 2 is 2.00 bits per heavy atom. The van der Waals surface area contributed by atoms with Crippen molar-refractivity contribution in [3.05, 3.63) is 53.3 Å². The van der Waals surface area contributed by atoms with Gasteiger partial charge in [-0.25, -0.2) is 9.78 Å². The van der Waals surface area contributed by atoms with Crippen LogP contribution in [0.2, 0.25) is 0 Å². The minimum absolute atomic E-state index is 0.0831. The number of nitrogens with zero attached hydrogens (tertiary/aromatic N) is 1. The van der Waals surface area contributed by atoms with Crippen LogP contribution >= 0.6 is 0 Å². The number of aryl methyl sites for hydroxylation is 1. The summed E-state index contributed by atoms with van der Waals surface area (Å²) in [5, 5.41) is 11.8. The predicted octanol–water partition coefficient (Wildman–Crippen LogP) is 3.13. The molecule has 0 radical (unpaired) electrons. The number of benzene rings is 1. The summed E-state index contributed by atoms with van der Waals surface area (Å²) in [6.45, 7) is 2.21. The molecular formula is C18H18N2O4. The molecule has 1 aromatic heterocycles. The van der Waals surface area contributed by atoms with Crippen molar-refractivity contribution in [2.75, 3.05) is 11.9 Å². The molecule has 1 amide bonds. The van der Waals surface area contributed by atoms with Crippen LogP contribution in [-0.2, 0) is 0 Å². The Balaban J connectivity index is 1.74. The molecule has 0 bridgehead atoms. The number of carbonyl (C=O) groups is 2. The van der Waals surface area contributed by atoms with Gasteiger partial charge in [0.05, 0.1) is 23.6 Å². The van der Waals surface area contributed by atoms with E-state index in [9.17, 15) is 9.59 Å². The van der Waals surface area contributed by atoms with Crippen LogP contribution in [0.15, 0.2) is 36.4 Å². The Morgan fingerprint density at radius 1 is 1.25 bits per heavy atom. The second-order valence-electron chi connectivity index (χ2n) is 5.84. The van der Waals surface area contributed by atoms with Gasteiger partial charge in [-0.3, -0.25) is 4.79 Å². The number of carbonyl (C=O) groups excluding carboxylic acids is 1. The van der Waals surface area contributed by atoms with Crippen LogP contribution in [0.5, 0.6) is 5.75 Å². The molecule has 0 spiro atoms. The minimum atomic E-state index is -1.06. The first-order valence-electron chi connectivity index (χ1n) is 7.78. The van der Waals surface area contributed by atoms with E-state index in [-0.39, 0.29) is 11.3 Å². The summed E-state index contributed by atoms with van der Waals surface area (Å²) in [4.78, 5) is 27.5. The number of rotatable bonds is 6. The molecule has 6 heteroatoms. The summed E-state index contributed by atoms with van der Waals surface area (Å²) < 4.78 is 5.76. The maximum atomic E-state index is 12.4. The zero-order chi connectivity index (χ0) is 17.1. The highest BCUT2D eigenvalue weighted by atomic mass is 16.5. The third-order valence-corrected chi connectivity index (χ3v) is 3.86. The van der Waals surface area contributed by atoms with Gasteiger partial charge in [0.1, 0.15) is 11.4 Å². The van der Waals surface area contributed by atoms with Crippen LogP contribution in [0.3, 0.4) is 0 Å². The van der Waals surface area contributed by atoms with Crippen LogP contribution in [0.4, 0.5) is 5.69 Å². The van der Waals surface area contributed by atoms with Gasteiger partial charge >= 0.3 is 5.97 Å². The number of anilines is 1. The van der Waals surface area contributed by atoms with E-state index in [0.717, 1.165) is 0 Å². The third kappa shape index (κ3) is 3.71. The number of aromatic carboxylic acids is 1. The predicted molar refractivity (Wildman–Crippen MR) is 88.5 cm³/mol. The summed E-state index contributed by atoms with van der Waals surface area (Å²) in [5.74, 6) is -0.235. The van der Waals surface area contributed by atoms with E-state index < -0.39 is 11.9 Å². The van der Waals surface area contributed by atoms with E-state index in [4.69, 9.17) is 9.84 Å². The van der Waals surface area contributed by atoms with E-state index in [1.54, 1.807) is 13.0 Å². The number of para-hydroxylation sites is 2. The fraction of sp³-hybridized carbons (Fsp3) is 0.278. The van der Waals surface area contributed by atoms with Crippen molar-refractivity contribution in [1.29, 1.82) is 0 Å². The van der Waals surface area contributed by atoms with Crippen molar-refractivity contribution in [1.82, 2.24) is 4.98 Å². The van der Waals surface area contributed by atoms with E-state index >= 15 is 0 Å². The quantitative estimate of drug-likeness (QED) is 0.851. The fourth-order valence-electron chi connectivity index (χ4n) is 2.29. The highest BCUT2D eigenvalue weighted by Gasteiger charge is 2.22. The molecule has 0 unspecified atom stereocenters. The lowest BCUT2D eigenvalue weighted by molar-refractivity contribution is 0.0695. The van der Waals surface area contributed by atoms with Crippen molar-refractivity contribution < 1.29 is 19.4 Å². The van der Waals surface area contributed by atoms with Crippen LogP contribution in [0, 0.1) is 12.8 Å². The van der Waals surface area contributed by atoms with Gasteiger partial charge in [-0.2, -0.15) is 0 Å². The Bertz CT molecular complexity index is 784. The fourth-order valence-corrected chi connectivity index (χ4v) is 2.29. The van der Waals surface area contributed by atoms with E-state index in [1.165, 1.54) is 25.0 Å². The van der Waals surface area contributed by atoms with Gasteiger partial charge in [-0.05, 0) is 49.9 Å². The van der Waals surface area contributed by atoms with Gasteiger partial charge in [0.25, 0.3) is 5.91 Å². The normalized spacial score (nSPS) is 13.4. The van der Waals surface area contributed by atoms with Crippen LogP contribution in [0.25, 0.3) is 0 Å². The number of carboxylic acid groups (broad SMARTS) is 1. The van der Waals surface area contributed by atoms with E-state index in [0.29, 0.717) is 29.7 Å². The van der Waals surface area contributed by atoms with Crippen molar-refractivity contribution >= 4 is 17.6 Å². The maximum absolute atomic E-state index is 12.4. The lowest BCUT2D eigenvalue weighted by atomic mass is 10.2. The first kappa shape index (κ1) is 16.0. The second kappa shape index (κ2) is 6.70.